The minimum absolute atomic E-state index is 0.0421. The largest absolute Gasteiger partial charge is 0.348 e. The lowest BCUT2D eigenvalue weighted by molar-refractivity contribution is 0.0945. The number of nitrogens with one attached hydrogen (secondary N) is 1. The zero-order valence-corrected chi connectivity index (χ0v) is 14.2. The van der Waals surface area contributed by atoms with Gasteiger partial charge in [0.05, 0.1) is 10.5 Å². The molecule has 9 heteroatoms. The molecule has 0 aromatic heterocycles. The molecule has 0 aliphatic rings. The maximum Gasteiger partial charge on any atom is 0.254 e. The zero-order chi connectivity index (χ0) is 18.8. The molecule has 0 spiro atoms. The molecule has 134 valence electrons. The van der Waals surface area contributed by atoms with Crippen molar-refractivity contribution < 1.29 is 26.4 Å². The van der Waals surface area contributed by atoms with E-state index in [2.05, 4.69) is 5.32 Å². The summed E-state index contributed by atoms with van der Waals surface area (Å²) in [5, 5.41) is 2.36. The van der Waals surface area contributed by atoms with Crippen molar-refractivity contribution in [3.8, 4) is 0 Å². The van der Waals surface area contributed by atoms with E-state index < -0.39 is 38.9 Å². The van der Waals surface area contributed by atoms with Crippen LogP contribution in [0.25, 0.3) is 0 Å². The van der Waals surface area contributed by atoms with Gasteiger partial charge in [-0.15, -0.1) is 0 Å². The van der Waals surface area contributed by atoms with Crippen LogP contribution in [0.15, 0.2) is 41.3 Å². The van der Waals surface area contributed by atoms with Crippen LogP contribution in [0.5, 0.6) is 0 Å². The van der Waals surface area contributed by atoms with E-state index in [1.54, 1.807) is 0 Å². The third-order valence-corrected chi connectivity index (χ3v) is 5.26. The van der Waals surface area contributed by atoms with Crippen LogP contribution in [0.3, 0.4) is 0 Å². The molecule has 1 N–H and O–H groups in total. The molecule has 0 radical (unpaired) electrons. The standard InChI is InChI=1S/C16H15F3N2O3S/c1-21(2)25(23,24)11-5-3-10(4-6-11)9-20-16(22)12-7-8-13(17)15(19)14(12)18/h3-8H,9H2,1-2H3,(H,20,22). The predicted molar refractivity (Wildman–Crippen MR) is 84.8 cm³/mol. The third-order valence-electron chi connectivity index (χ3n) is 3.43. The molecular formula is C16H15F3N2O3S. The summed E-state index contributed by atoms with van der Waals surface area (Å²) in [5.74, 6) is -5.58. The number of amides is 1. The van der Waals surface area contributed by atoms with Crippen LogP contribution in [-0.4, -0.2) is 32.7 Å². The van der Waals surface area contributed by atoms with Gasteiger partial charge in [-0.05, 0) is 29.8 Å². The molecule has 2 aromatic rings. The van der Waals surface area contributed by atoms with Gasteiger partial charge < -0.3 is 5.32 Å². The average Bonchev–Trinajstić information content (AvgIpc) is 2.58. The second-order valence-electron chi connectivity index (χ2n) is 5.34. The van der Waals surface area contributed by atoms with Gasteiger partial charge in [0.2, 0.25) is 10.0 Å². The van der Waals surface area contributed by atoms with E-state index in [1.807, 2.05) is 0 Å². The summed E-state index contributed by atoms with van der Waals surface area (Å²) in [7, 11) is -0.758. The van der Waals surface area contributed by atoms with Crippen molar-refractivity contribution in [3.63, 3.8) is 0 Å². The Labute approximate surface area is 143 Å². The molecule has 0 saturated heterocycles. The number of halogens is 3. The molecule has 0 aliphatic heterocycles. The number of rotatable bonds is 5. The fourth-order valence-corrected chi connectivity index (χ4v) is 2.87. The average molecular weight is 372 g/mol. The Balaban J connectivity index is 2.09. The summed E-state index contributed by atoms with van der Waals surface area (Å²) in [4.78, 5) is 12.0. The predicted octanol–water partition coefficient (Wildman–Crippen LogP) is 2.28. The normalized spacial score (nSPS) is 11.6. The molecule has 1 amide bonds. The quantitative estimate of drug-likeness (QED) is 0.819. The molecule has 0 saturated carbocycles. The van der Waals surface area contributed by atoms with E-state index in [4.69, 9.17) is 0 Å². The summed E-state index contributed by atoms with van der Waals surface area (Å²) in [6.45, 7) is -0.0421. The van der Waals surface area contributed by atoms with Crippen molar-refractivity contribution in [1.29, 1.82) is 0 Å². The van der Waals surface area contributed by atoms with Crippen molar-refractivity contribution in [3.05, 3.63) is 65.0 Å². The van der Waals surface area contributed by atoms with E-state index in [0.717, 1.165) is 10.4 Å². The number of sulfonamides is 1. The minimum Gasteiger partial charge on any atom is -0.348 e. The number of nitrogens with zero attached hydrogens (tertiary/aromatic N) is 1. The molecule has 0 unspecified atom stereocenters. The van der Waals surface area contributed by atoms with Gasteiger partial charge in [-0.2, -0.15) is 0 Å². The van der Waals surface area contributed by atoms with Gasteiger partial charge in [-0.25, -0.2) is 25.9 Å². The third kappa shape index (κ3) is 3.99. The van der Waals surface area contributed by atoms with Crippen LogP contribution in [0.4, 0.5) is 13.2 Å². The van der Waals surface area contributed by atoms with Gasteiger partial charge in [0, 0.05) is 20.6 Å². The van der Waals surface area contributed by atoms with Gasteiger partial charge >= 0.3 is 0 Å². The van der Waals surface area contributed by atoms with E-state index in [9.17, 15) is 26.4 Å². The van der Waals surface area contributed by atoms with E-state index in [0.29, 0.717) is 11.6 Å². The van der Waals surface area contributed by atoms with E-state index >= 15 is 0 Å². The number of carbonyl (C=O) groups excluding carboxylic acids is 1. The van der Waals surface area contributed by atoms with Gasteiger partial charge in [0.1, 0.15) is 0 Å². The minimum atomic E-state index is -3.56. The summed E-state index contributed by atoms with van der Waals surface area (Å²) < 4.78 is 64.5. The molecule has 2 aromatic carbocycles. The van der Waals surface area contributed by atoms with Crippen molar-refractivity contribution >= 4 is 15.9 Å². The van der Waals surface area contributed by atoms with Crippen molar-refractivity contribution in [1.82, 2.24) is 9.62 Å². The maximum absolute atomic E-state index is 13.6. The summed E-state index contributed by atoms with van der Waals surface area (Å²) in [6, 6.07) is 7.21. The first-order chi connectivity index (χ1) is 11.6. The lowest BCUT2D eigenvalue weighted by atomic mass is 10.1. The second-order valence-corrected chi connectivity index (χ2v) is 7.49. The Morgan fingerprint density at radius 2 is 1.60 bits per heavy atom. The van der Waals surface area contributed by atoms with Crippen LogP contribution in [0.2, 0.25) is 0 Å². The summed E-state index contributed by atoms with van der Waals surface area (Å²) in [6.07, 6.45) is 0. The fourth-order valence-electron chi connectivity index (χ4n) is 1.97. The highest BCUT2D eigenvalue weighted by atomic mass is 32.2. The summed E-state index contributed by atoms with van der Waals surface area (Å²) in [5.41, 5.74) is -0.0697. The van der Waals surface area contributed by atoms with Crippen LogP contribution in [-0.2, 0) is 16.6 Å². The van der Waals surface area contributed by atoms with Crippen LogP contribution < -0.4 is 5.32 Å². The lowest BCUT2D eigenvalue weighted by Gasteiger charge is -2.12. The molecule has 0 fully saturated rings. The first-order valence-electron chi connectivity index (χ1n) is 7.07. The highest BCUT2D eigenvalue weighted by Gasteiger charge is 2.19. The zero-order valence-electron chi connectivity index (χ0n) is 13.4. The van der Waals surface area contributed by atoms with Gasteiger partial charge in [0.15, 0.2) is 17.5 Å². The molecule has 0 heterocycles. The lowest BCUT2D eigenvalue weighted by Crippen LogP contribution is -2.24. The van der Waals surface area contributed by atoms with Crippen molar-refractivity contribution in [2.24, 2.45) is 0 Å². The van der Waals surface area contributed by atoms with E-state index in [-0.39, 0.29) is 11.4 Å². The Hall–Kier alpha value is -2.39. The van der Waals surface area contributed by atoms with Gasteiger partial charge in [-0.1, -0.05) is 12.1 Å². The fraction of sp³-hybridized carbons (Fsp3) is 0.188. The highest BCUT2D eigenvalue weighted by Crippen LogP contribution is 2.16. The monoisotopic (exact) mass is 372 g/mol. The van der Waals surface area contributed by atoms with Crippen LogP contribution in [0, 0.1) is 17.5 Å². The molecule has 25 heavy (non-hydrogen) atoms. The smallest absolute Gasteiger partial charge is 0.254 e. The van der Waals surface area contributed by atoms with Crippen molar-refractivity contribution in [2.45, 2.75) is 11.4 Å². The Kier molecular flexibility index (Phi) is 5.48. The molecule has 0 aliphatic carbocycles. The Morgan fingerprint density at radius 1 is 1.00 bits per heavy atom. The highest BCUT2D eigenvalue weighted by molar-refractivity contribution is 7.89. The SMILES string of the molecule is CN(C)S(=O)(=O)c1ccc(CNC(=O)c2ccc(F)c(F)c2F)cc1. The Bertz CT molecular complexity index is 898. The molecule has 5 nitrogen and oxygen atoms in total. The van der Waals surface area contributed by atoms with E-state index in [1.165, 1.54) is 38.4 Å². The molecular weight excluding hydrogens is 357 g/mol. The van der Waals surface area contributed by atoms with Crippen LogP contribution >= 0.6 is 0 Å². The van der Waals surface area contributed by atoms with Crippen LogP contribution in [0.1, 0.15) is 15.9 Å². The first kappa shape index (κ1) is 18.9. The van der Waals surface area contributed by atoms with Crippen molar-refractivity contribution in [2.75, 3.05) is 14.1 Å². The number of carbonyl (C=O) groups is 1. The molecule has 2 rings (SSSR count). The van der Waals surface area contributed by atoms with Gasteiger partial charge in [-0.3, -0.25) is 4.79 Å². The van der Waals surface area contributed by atoms with Gasteiger partial charge in [0.25, 0.3) is 5.91 Å². The Morgan fingerprint density at radius 3 is 2.16 bits per heavy atom. The number of benzene rings is 2. The topological polar surface area (TPSA) is 66.5 Å². The number of hydrogen-bond donors (Lipinski definition) is 1. The maximum atomic E-state index is 13.6. The molecule has 0 atom stereocenters. The summed E-state index contributed by atoms with van der Waals surface area (Å²) >= 11 is 0. The molecule has 0 bridgehead atoms. The first-order valence-corrected chi connectivity index (χ1v) is 8.51. The number of hydrogen-bond acceptors (Lipinski definition) is 3. The second kappa shape index (κ2) is 7.24.